The van der Waals surface area contributed by atoms with E-state index in [1.54, 1.807) is 12.1 Å². The molecule has 2 aliphatic rings. The van der Waals surface area contributed by atoms with Crippen molar-refractivity contribution in [1.82, 2.24) is 20.1 Å². The van der Waals surface area contributed by atoms with E-state index < -0.39 is 0 Å². The Balaban J connectivity index is 1.13. The minimum Gasteiger partial charge on any atom is -0.457 e. The van der Waals surface area contributed by atoms with Crippen molar-refractivity contribution in [3.63, 3.8) is 0 Å². The molecule has 1 amide bonds. The Morgan fingerprint density at radius 1 is 1.00 bits per heavy atom. The summed E-state index contributed by atoms with van der Waals surface area (Å²) < 4.78 is 19.1. The molecule has 0 atom stereocenters. The molecule has 1 aromatic heterocycles. The number of hydrogen-bond acceptors (Lipinski definition) is 5. The van der Waals surface area contributed by atoms with Gasteiger partial charge in [-0.15, -0.1) is 0 Å². The number of carbonyl (C=O) groups is 1. The Kier molecular flexibility index (Phi) is 7.32. The second kappa shape index (κ2) is 10.8. The van der Waals surface area contributed by atoms with Crippen LogP contribution in [0.25, 0.3) is 10.9 Å². The summed E-state index contributed by atoms with van der Waals surface area (Å²) >= 11 is 0. The number of rotatable bonds is 7. The third-order valence-electron chi connectivity index (χ3n) is 7.12. The molecule has 5 rings (SSSR count). The molecule has 7 nitrogen and oxygen atoms in total. The van der Waals surface area contributed by atoms with Gasteiger partial charge < -0.3 is 29.9 Å². The number of piperidine rings is 2. The number of nitrogens with one attached hydrogen (secondary N) is 2. The van der Waals surface area contributed by atoms with Crippen molar-refractivity contribution >= 4 is 16.8 Å². The van der Waals surface area contributed by atoms with E-state index in [-0.39, 0.29) is 23.9 Å². The number of hydrogen-bond donors (Lipinski definition) is 3. The Morgan fingerprint density at radius 2 is 1.66 bits per heavy atom. The van der Waals surface area contributed by atoms with E-state index in [0.717, 1.165) is 75.9 Å². The number of H-pyrrole nitrogens is 1. The molecule has 2 saturated heterocycles. The van der Waals surface area contributed by atoms with Crippen molar-refractivity contribution in [2.75, 3.05) is 39.3 Å². The molecule has 3 N–H and O–H groups in total. The number of benzene rings is 2. The number of halogens is 1. The zero-order valence-corrected chi connectivity index (χ0v) is 19.9. The second-order valence-electron chi connectivity index (χ2n) is 9.62. The van der Waals surface area contributed by atoms with Crippen molar-refractivity contribution in [3.8, 4) is 11.5 Å². The van der Waals surface area contributed by atoms with Gasteiger partial charge in [0.05, 0.1) is 6.10 Å². The van der Waals surface area contributed by atoms with Gasteiger partial charge in [-0.1, -0.05) is 6.07 Å². The highest BCUT2D eigenvalue weighted by molar-refractivity contribution is 5.99. The summed E-state index contributed by atoms with van der Waals surface area (Å²) in [7, 11) is 0. The number of aromatic amines is 1. The van der Waals surface area contributed by atoms with Crippen molar-refractivity contribution < 1.29 is 19.0 Å². The van der Waals surface area contributed by atoms with Crippen LogP contribution in [-0.4, -0.2) is 77.2 Å². The Labute approximate surface area is 204 Å². The molecule has 0 aliphatic carbocycles. The van der Waals surface area contributed by atoms with E-state index in [4.69, 9.17) is 4.74 Å². The lowest BCUT2D eigenvalue weighted by molar-refractivity contribution is 0.0729. The summed E-state index contributed by atoms with van der Waals surface area (Å²) in [4.78, 5) is 21.1. The number of fused-ring (bicyclic) bond motifs is 1. The number of ether oxygens (including phenoxy) is 1. The Hall–Kier alpha value is -2.94. The zero-order valence-electron chi connectivity index (χ0n) is 19.9. The van der Waals surface area contributed by atoms with E-state index >= 15 is 0 Å². The third kappa shape index (κ3) is 6.01. The fourth-order valence-electron chi connectivity index (χ4n) is 4.96. The normalized spacial score (nSPS) is 18.7. The largest absolute Gasteiger partial charge is 0.457 e. The van der Waals surface area contributed by atoms with E-state index in [2.05, 4.69) is 20.1 Å². The van der Waals surface area contributed by atoms with E-state index in [1.807, 2.05) is 24.3 Å². The van der Waals surface area contributed by atoms with Crippen LogP contribution in [0, 0.1) is 5.82 Å². The van der Waals surface area contributed by atoms with Crippen LogP contribution in [0.2, 0.25) is 0 Å². The predicted octanol–water partition coefficient (Wildman–Crippen LogP) is 3.75. The average molecular weight is 481 g/mol. The maximum absolute atomic E-state index is 13.2. The standard InChI is InChI=1S/C27H33FN4O3/c28-19-4-6-22(7-5-19)35-26-3-1-2-24-23(26)18-25(30-24)27(34)29-20-8-12-31(13-9-20)16-17-32-14-10-21(33)11-15-32/h1-7,18,20-21,30,33H,8-17H2,(H,29,34). The number of likely N-dealkylation sites (tertiary alicyclic amines) is 2. The quantitative estimate of drug-likeness (QED) is 0.480. The van der Waals surface area contributed by atoms with Crippen LogP contribution in [0.1, 0.15) is 36.2 Å². The fourth-order valence-corrected chi connectivity index (χ4v) is 4.96. The maximum atomic E-state index is 13.2. The smallest absolute Gasteiger partial charge is 0.267 e. The lowest BCUT2D eigenvalue weighted by Gasteiger charge is -2.35. The van der Waals surface area contributed by atoms with Crippen LogP contribution in [0.15, 0.2) is 48.5 Å². The van der Waals surface area contributed by atoms with Gasteiger partial charge in [-0.2, -0.15) is 0 Å². The van der Waals surface area contributed by atoms with Gasteiger partial charge in [0.1, 0.15) is 23.0 Å². The molecule has 3 aromatic rings. The molecule has 0 saturated carbocycles. The number of aromatic nitrogens is 1. The lowest BCUT2D eigenvalue weighted by atomic mass is 10.0. The summed E-state index contributed by atoms with van der Waals surface area (Å²) in [6, 6.07) is 13.5. The molecule has 0 unspecified atom stereocenters. The first-order valence-electron chi connectivity index (χ1n) is 12.5. The molecular formula is C27H33FN4O3. The van der Waals surface area contributed by atoms with E-state index in [0.29, 0.717) is 17.2 Å². The summed E-state index contributed by atoms with van der Waals surface area (Å²) in [5.41, 5.74) is 1.32. The Bertz CT molecular complexity index is 1130. The summed E-state index contributed by atoms with van der Waals surface area (Å²) in [6.45, 7) is 5.99. The maximum Gasteiger partial charge on any atom is 0.267 e. The number of nitrogens with zero attached hydrogens (tertiary/aromatic N) is 2. The van der Waals surface area contributed by atoms with Gasteiger partial charge in [-0.3, -0.25) is 4.79 Å². The first kappa shape index (κ1) is 23.8. The van der Waals surface area contributed by atoms with Crippen molar-refractivity contribution in [2.24, 2.45) is 0 Å². The monoisotopic (exact) mass is 480 g/mol. The van der Waals surface area contributed by atoms with Crippen molar-refractivity contribution in [2.45, 2.75) is 37.8 Å². The molecule has 0 radical (unpaired) electrons. The summed E-state index contributed by atoms with van der Waals surface area (Å²) in [5.74, 6) is 0.723. The number of aliphatic hydroxyl groups excluding tert-OH is 1. The highest BCUT2D eigenvalue weighted by atomic mass is 19.1. The minimum absolute atomic E-state index is 0.112. The van der Waals surface area contributed by atoms with E-state index in [1.165, 1.54) is 12.1 Å². The summed E-state index contributed by atoms with van der Waals surface area (Å²) in [5, 5.41) is 13.7. The van der Waals surface area contributed by atoms with Crippen LogP contribution < -0.4 is 10.1 Å². The van der Waals surface area contributed by atoms with E-state index in [9.17, 15) is 14.3 Å². The van der Waals surface area contributed by atoms with Crippen molar-refractivity contribution in [3.05, 3.63) is 60.0 Å². The minimum atomic E-state index is -0.315. The van der Waals surface area contributed by atoms with Crippen LogP contribution in [0.5, 0.6) is 11.5 Å². The second-order valence-corrected chi connectivity index (χ2v) is 9.62. The van der Waals surface area contributed by atoms with Crippen LogP contribution in [0.4, 0.5) is 4.39 Å². The third-order valence-corrected chi connectivity index (χ3v) is 7.12. The van der Waals surface area contributed by atoms with Gasteiger partial charge >= 0.3 is 0 Å². The molecule has 2 aromatic carbocycles. The molecule has 8 heteroatoms. The summed E-state index contributed by atoms with van der Waals surface area (Å²) in [6.07, 6.45) is 3.49. The van der Waals surface area contributed by atoms with Gasteiger partial charge in [0, 0.05) is 56.2 Å². The topological polar surface area (TPSA) is 80.8 Å². The predicted molar refractivity (Wildman–Crippen MR) is 133 cm³/mol. The number of amides is 1. The fraction of sp³-hybridized carbons (Fsp3) is 0.444. The van der Waals surface area contributed by atoms with Gasteiger partial charge in [0.15, 0.2) is 0 Å². The molecular weight excluding hydrogens is 447 g/mol. The zero-order chi connectivity index (χ0) is 24.2. The highest BCUT2D eigenvalue weighted by Gasteiger charge is 2.23. The molecule has 2 fully saturated rings. The van der Waals surface area contributed by atoms with Gasteiger partial charge in [-0.05, 0) is 68.1 Å². The first-order valence-corrected chi connectivity index (χ1v) is 12.5. The van der Waals surface area contributed by atoms with Gasteiger partial charge in [-0.25, -0.2) is 4.39 Å². The van der Waals surface area contributed by atoms with Gasteiger partial charge in [0.25, 0.3) is 5.91 Å². The van der Waals surface area contributed by atoms with Crippen LogP contribution in [-0.2, 0) is 0 Å². The number of carbonyl (C=O) groups excluding carboxylic acids is 1. The molecule has 0 bridgehead atoms. The van der Waals surface area contributed by atoms with Crippen molar-refractivity contribution in [1.29, 1.82) is 0 Å². The first-order chi connectivity index (χ1) is 17.0. The highest BCUT2D eigenvalue weighted by Crippen LogP contribution is 2.30. The average Bonchev–Trinajstić information content (AvgIpc) is 3.32. The SMILES string of the molecule is O=C(NC1CCN(CCN2CCC(O)CC2)CC1)c1cc2c(Oc3ccc(F)cc3)cccc2[nH]1. The molecule has 186 valence electrons. The number of aliphatic hydroxyl groups is 1. The van der Waals surface area contributed by atoms with Gasteiger partial charge in [0.2, 0.25) is 0 Å². The van der Waals surface area contributed by atoms with Crippen LogP contribution in [0.3, 0.4) is 0 Å². The Morgan fingerprint density at radius 3 is 2.34 bits per heavy atom. The lowest BCUT2D eigenvalue weighted by Crippen LogP contribution is -2.47. The molecule has 0 spiro atoms. The van der Waals surface area contributed by atoms with Crippen LogP contribution >= 0.6 is 0 Å². The molecule has 2 aliphatic heterocycles. The molecule has 35 heavy (non-hydrogen) atoms. The molecule has 3 heterocycles.